The smallest absolute Gasteiger partial charge is 0.337 e. The fourth-order valence-corrected chi connectivity index (χ4v) is 5.21. The Morgan fingerprint density at radius 1 is 1.26 bits per heavy atom. The lowest BCUT2D eigenvalue weighted by molar-refractivity contribution is -0.749. The fraction of sp³-hybridized carbons (Fsp3) is 0.308. The number of para-hydroxylation sites is 1. The van der Waals surface area contributed by atoms with E-state index in [0.717, 1.165) is 34.9 Å². The van der Waals surface area contributed by atoms with Gasteiger partial charge in [-0.15, -0.1) is 11.7 Å². The second kappa shape index (κ2) is 12.0. The summed E-state index contributed by atoms with van der Waals surface area (Å²) in [5.74, 6) is 0.973. The van der Waals surface area contributed by atoms with Gasteiger partial charge in [0.1, 0.15) is 5.75 Å². The number of nitrogens with zero attached hydrogens (tertiary/aromatic N) is 3. The van der Waals surface area contributed by atoms with Crippen molar-refractivity contribution in [1.82, 2.24) is 15.6 Å². The quantitative estimate of drug-likeness (QED) is 0.121. The maximum Gasteiger partial charge on any atom is 0.337 e. The van der Waals surface area contributed by atoms with Gasteiger partial charge >= 0.3 is 5.16 Å². The summed E-state index contributed by atoms with van der Waals surface area (Å²) in [7, 11) is 0. The summed E-state index contributed by atoms with van der Waals surface area (Å²) in [5.41, 5.74) is 4.84. The molecule has 35 heavy (non-hydrogen) atoms. The summed E-state index contributed by atoms with van der Waals surface area (Å²) in [6.07, 6.45) is 9.51. The summed E-state index contributed by atoms with van der Waals surface area (Å²) in [6.45, 7) is 3.70. The van der Waals surface area contributed by atoms with Crippen LogP contribution in [-0.4, -0.2) is 33.2 Å². The average Bonchev–Trinajstić information content (AvgIpc) is 3.30. The number of aromatic hydroxyl groups is 1. The number of carbonyl (C=O) groups is 1. The van der Waals surface area contributed by atoms with Crippen LogP contribution < -0.4 is 9.99 Å². The van der Waals surface area contributed by atoms with Crippen LogP contribution in [0.2, 0.25) is 5.02 Å². The fourth-order valence-electron chi connectivity index (χ4n) is 4.27. The molecule has 1 aliphatic carbocycles. The van der Waals surface area contributed by atoms with E-state index < -0.39 is 0 Å². The number of aromatic nitrogens is 3. The third-order valence-electron chi connectivity index (χ3n) is 6.00. The molecule has 4 rings (SSSR count). The lowest BCUT2D eigenvalue weighted by atomic mass is 9.95. The molecule has 0 saturated heterocycles. The number of carbonyl (C=O) groups excluding carboxylic acids is 1. The largest absolute Gasteiger partial charge is 0.507 e. The van der Waals surface area contributed by atoms with E-state index in [1.165, 1.54) is 37.2 Å². The predicted octanol–water partition coefficient (Wildman–Crippen LogP) is 5.20. The van der Waals surface area contributed by atoms with E-state index in [0.29, 0.717) is 23.0 Å². The van der Waals surface area contributed by atoms with Gasteiger partial charge in [-0.1, -0.05) is 36.2 Å². The van der Waals surface area contributed by atoms with Crippen molar-refractivity contribution in [2.24, 2.45) is 5.10 Å². The number of nitrogens with one attached hydrogen (secondary N) is 2. The molecule has 182 valence electrons. The van der Waals surface area contributed by atoms with Crippen molar-refractivity contribution in [3.05, 3.63) is 71.3 Å². The summed E-state index contributed by atoms with van der Waals surface area (Å²) < 4.78 is 2.23. The van der Waals surface area contributed by atoms with E-state index in [4.69, 9.17) is 11.6 Å². The minimum absolute atomic E-state index is 0.138. The monoisotopic (exact) mass is 510 g/mol. The van der Waals surface area contributed by atoms with Crippen molar-refractivity contribution in [1.29, 1.82) is 0 Å². The van der Waals surface area contributed by atoms with Crippen molar-refractivity contribution >= 4 is 35.5 Å². The van der Waals surface area contributed by atoms with Gasteiger partial charge in [0.05, 0.1) is 28.7 Å². The highest BCUT2D eigenvalue weighted by Gasteiger charge is 2.30. The molecular weight excluding hydrogens is 482 g/mol. The van der Waals surface area contributed by atoms with Crippen LogP contribution in [0.15, 0.2) is 65.4 Å². The van der Waals surface area contributed by atoms with E-state index in [2.05, 4.69) is 31.9 Å². The molecule has 1 amide bonds. The molecule has 0 bridgehead atoms. The van der Waals surface area contributed by atoms with Crippen LogP contribution in [0.5, 0.6) is 5.75 Å². The minimum Gasteiger partial charge on any atom is -0.507 e. The van der Waals surface area contributed by atoms with Gasteiger partial charge < -0.3 is 5.11 Å². The van der Waals surface area contributed by atoms with Gasteiger partial charge in [0.25, 0.3) is 11.7 Å². The van der Waals surface area contributed by atoms with Gasteiger partial charge in [0.15, 0.2) is 0 Å². The number of hydrazone groups is 1. The molecule has 7 nitrogen and oxygen atoms in total. The van der Waals surface area contributed by atoms with Crippen molar-refractivity contribution in [2.75, 3.05) is 5.75 Å². The molecule has 0 spiro atoms. The number of phenols is 1. The first-order chi connectivity index (χ1) is 17.1. The van der Waals surface area contributed by atoms with E-state index in [-0.39, 0.29) is 17.4 Å². The first-order valence-corrected chi connectivity index (χ1v) is 13.1. The number of phenolic OH excluding ortho intramolecular Hbond substituents is 1. The van der Waals surface area contributed by atoms with Gasteiger partial charge in [0.2, 0.25) is 0 Å². The number of rotatable bonds is 9. The number of allylic oxidation sites excluding steroid dienone is 1. The van der Waals surface area contributed by atoms with Gasteiger partial charge in [-0.3, -0.25) is 4.79 Å². The zero-order chi connectivity index (χ0) is 24.6. The average molecular weight is 511 g/mol. The molecule has 1 fully saturated rings. The van der Waals surface area contributed by atoms with Gasteiger partial charge in [-0.2, -0.15) is 5.10 Å². The number of H-pyrrole nitrogens is 1. The minimum atomic E-state index is -0.251. The molecule has 0 atom stereocenters. The van der Waals surface area contributed by atoms with Crippen LogP contribution >= 0.6 is 23.4 Å². The zero-order valence-electron chi connectivity index (χ0n) is 19.4. The molecule has 2 aromatic carbocycles. The number of amides is 1. The van der Waals surface area contributed by atoms with Crippen LogP contribution in [-0.2, 0) is 11.2 Å². The highest BCUT2D eigenvalue weighted by Crippen LogP contribution is 2.29. The lowest BCUT2D eigenvalue weighted by Gasteiger charge is -2.21. The van der Waals surface area contributed by atoms with Crippen LogP contribution in [0, 0.1) is 0 Å². The molecule has 0 radical (unpaired) electrons. The Kier molecular flexibility index (Phi) is 8.60. The second-order valence-electron chi connectivity index (χ2n) is 8.45. The van der Waals surface area contributed by atoms with Gasteiger partial charge in [0, 0.05) is 10.6 Å². The maximum atomic E-state index is 12.5. The Balaban J connectivity index is 1.44. The molecule has 3 N–H and O–H groups in total. The Hall–Kier alpha value is -3.10. The Bertz CT molecular complexity index is 1200. The Morgan fingerprint density at radius 3 is 2.77 bits per heavy atom. The first kappa shape index (κ1) is 25.0. The number of hydrogen-bond acceptors (Lipinski definition) is 5. The zero-order valence-corrected chi connectivity index (χ0v) is 21.0. The molecule has 9 heteroatoms. The van der Waals surface area contributed by atoms with Crippen molar-refractivity contribution in [2.45, 2.75) is 49.7 Å². The van der Waals surface area contributed by atoms with Gasteiger partial charge in [-0.05, 0) is 79.8 Å². The highest BCUT2D eigenvalue weighted by atomic mass is 35.5. The van der Waals surface area contributed by atoms with E-state index in [1.54, 1.807) is 12.1 Å². The topological polar surface area (TPSA) is 94.2 Å². The summed E-state index contributed by atoms with van der Waals surface area (Å²) in [5, 5.41) is 23.5. The molecule has 0 aliphatic heterocycles. The van der Waals surface area contributed by atoms with E-state index in [9.17, 15) is 9.90 Å². The van der Waals surface area contributed by atoms with Crippen molar-refractivity contribution < 1.29 is 14.5 Å². The number of halogens is 1. The third-order valence-corrected chi connectivity index (χ3v) is 7.21. The van der Waals surface area contributed by atoms with Crippen molar-refractivity contribution in [3.8, 4) is 17.1 Å². The lowest BCUT2D eigenvalue weighted by Crippen LogP contribution is -2.43. The number of aromatic amines is 1. The molecular formula is C26H29ClN5O2S+. The molecule has 1 heterocycles. The molecule has 0 unspecified atom stereocenters. The maximum absolute atomic E-state index is 12.5. The third kappa shape index (κ3) is 6.32. The van der Waals surface area contributed by atoms with Gasteiger partial charge in [-0.25, -0.2) is 9.99 Å². The summed E-state index contributed by atoms with van der Waals surface area (Å²) in [6, 6.07) is 13.4. The number of thioether (sulfide) groups is 1. The summed E-state index contributed by atoms with van der Waals surface area (Å²) in [4.78, 5) is 12.5. The predicted molar refractivity (Wildman–Crippen MR) is 140 cm³/mol. The SMILES string of the molecule is C=CCc1cccc(C=NNC(=O)CSc2n[nH]c(-c3ccc(Cl)cc3)[n+]2C2CCCCC2)c1O. The Labute approximate surface area is 214 Å². The van der Waals surface area contributed by atoms with E-state index in [1.807, 2.05) is 36.4 Å². The van der Waals surface area contributed by atoms with Crippen LogP contribution in [0.3, 0.4) is 0 Å². The standard InChI is InChI=1S/C26H28ClN5O2S/c1-2-7-18-8-6-9-20(24(18)34)16-28-29-23(33)17-35-26-31-30-25(19-12-14-21(27)15-13-19)32(26)22-10-4-3-5-11-22/h2,6,8-9,12-16,22H,1,3-5,7,10-11,17H2,(H2,28,29,33,34)/p+1. The van der Waals surface area contributed by atoms with Crippen LogP contribution in [0.1, 0.15) is 49.3 Å². The van der Waals surface area contributed by atoms with E-state index >= 15 is 0 Å². The Morgan fingerprint density at radius 2 is 2.03 bits per heavy atom. The molecule has 1 aliphatic rings. The molecule has 1 aromatic heterocycles. The molecule has 3 aromatic rings. The normalized spacial score (nSPS) is 14.3. The van der Waals surface area contributed by atoms with Crippen molar-refractivity contribution in [3.63, 3.8) is 0 Å². The second-order valence-corrected chi connectivity index (χ2v) is 9.83. The van der Waals surface area contributed by atoms with Crippen LogP contribution in [0.4, 0.5) is 0 Å². The summed E-state index contributed by atoms with van der Waals surface area (Å²) >= 11 is 7.45. The first-order valence-electron chi connectivity index (χ1n) is 11.7. The highest BCUT2D eigenvalue weighted by molar-refractivity contribution is 7.99. The number of benzene rings is 2. The molecule has 1 saturated carbocycles. The van der Waals surface area contributed by atoms with Crippen LogP contribution in [0.25, 0.3) is 11.4 Å². The number of hydrogen-bond donors (Lipinski definition) is 3.